The van der Waals surface area contributed by atoms with Crippen LogP contribution in [0.15, 0.2) is 46.9 Å². The summed E-state index contributed by atoms with van der Waals surface area (Å²) in [5.74, 6) is 0.119. The molecule has 2 fully saturated rings. The van der Waals surface area contributed by atoms with Gasteiger partial charge in [-0.3, -0.25) is 25.0 Å². The number of rotatable bonds is 3. The van der Waals surface area contributed by atoms with Gasteiger partial charge < -0.3 is 24.7 Å². The first-order chi connectivity index (χ1) is 17.9. The van der Waals surface area contributed by atoms with Gasteiger partial charge in [0.25, 0.3) is 17.7 Å². The van der Waals surface area contributed by atoms with Gasteiger partial charge in [-0.1, -0.05) is 18.2 Å². The summed E-state index contributed by atoms with van der Waals surface area (Å²) in [5, 5.41) is 10.2. The van der Waals surface area contributed by atoms with Crippen LogP contribution >= 0.6 is 0 Å². The second-order valence-corrected chi connectivity index (χ2v) is 9.61. The van der Waals surface area contributed by atoms with Gasteiger partial charge in [-0.05, 0) is 49.2 Å². The Hall–Kier alpha value is -4.87. The number of carbonyl (C=O) groups is 5. The lowest BCUT2D eigenvalue weighted by Crippen LogP contribution is -2.40. The first-order valence-corrected chi connectivity index (χ1v) is 11.7. The molecule has 7 amide bonds. The maximum Gasteiger partial charge on any atom is 0.322 e. The predicted octanol–water partition coefficient (Wildman–Crippen LogP) is 1.82. The lowest BCUT2D eigenvalue weighted by Gasteiger charge is -2.20. The number of methoxy groups -OCH3 is 1. The fourth-order valence-corrected chi connectivity index (χ4v) is 4.60. The minimum Gasteiger partial charge on any atom is -0.497 e. The van der Waals surface area contributed by atoms with E-state index in [1.807, 2.05) is 12.1 Å². The standard InChI is InChI=1S/C16H14N4O5.C10H11NO2/c1-15(11(21)17-13(23)19-15)8-4-3-7-5-10(25-9(7)6-8)16(2)12(22)18-14(24)20-16;1-11-6-7-3-4-8(13-2)5-9(7)10(11)12/h3-6H,1-2H3,(H2,17,19,21,23)(H2,18,20,22,24);3-5H,6H2,1-2H3. The summed E-state index contributed by atoms with van der Waals surface area (Å²) in [6.07, 6.45) is 0. The van der Waals surface area contributed by atoms with Crippen LogP contribution in [0.5, 0.6) is 5.75 Å². The van der Waals surface area contributed by atoms with E-state index in [1.54, 1.807) is 56.3 Å². The second-order valence-electron chi connectivity index (χ2n) is 9.61. The van der Waals surface area contributed by atoms with Crippen LogP contribution < -0.4 is 26.0 Å². The molecule has 0 radical (unpaired) electrons. The summed E-state index contributed by atoms with van der Waals surface area (Å²) < 4.78 is 10.8. The van der Waals surface area contributed by atoms with Gasteiger partial charge in [-0.25, -0.2) is 9.59 Å². The van der Waals surface area contributed by atoms with Crippen LogP contribution in [-0.2, 0) is 27.2 Å². The number of benzene rings is 2. The third kappa shape index (κ3) is 3.90. The van der Waals surface area contributed by atoms with Crippen molar-refractivity contribution in [2.24, 2.45) is 0 Å². The molecule has 38 heavy (non-hydrogen) atoms. The van der Waals surface area contributed by atoms with Crippen molar-refractivity contribution in [2.75, 3.05) is 14.2 Å². The van der Waals surface area contributed by atoms with Gasteiger partial charge in [0, 0.05) is 24.5 Å². The van der Waals surface area contributed by atoms with E-state index in [2.05, 4.69) is 21.3 Å². The molecular formula is C26H25N5O7. The summed E-state index contributed by atoms with van der Waals surface area (Å²) >= 11 is 0. The van der Waals surface area contributed by atoms with Crippen LogP contribution in [0.1, 0.15) is 41.1 Å². The summed E-state index contributed by atoms with van der Waals surface area (Å²) in [4.78, 5) is 60.2. The largest absolute Gasteiger partial charge is 0.497 e. The molecule has 2 aromatic carbocycles. The SMILES string of the molecule is CC1(c2ccc3cc(C4(C)NC(=O)NC4=O)oc3c2)NC(=O)NC1=O.COc1ccc2c(c1)C(=O)N(C)C2. The highest BCUT2D eigenvalue weighted by Gasteiger charge is 2.47. The molecule has 4 N–H and O–H groups in total. The van der Waals surface area contributed by atoms with Gasteiger partial charge in [-0.15, -0.1) is 0 Å². The second kappa shape index (κ2) is 8.61. The molecule has 3 aliphatic heterocycles. The van der Waals surface area contributed by atoms with Gasteiger partial charge in [0.05, 0.1) is 7.11 Å². The fraction of sp³-hybridized carbons (Fsp3) is 0.269. The van der Waals surface area contributed by atoms with Crippen molar-refractivity contribution in [3.63, 3.8) is 0 Å². The van der Waals surface area contributed by atoms with Crippen molar-refractivity contribution < 1.29 is 33.1 Å². The normalized spacial score (nSPS) is 23.9. The number of nitrogens with zero attached hydrogens (tertiary/aromatic N) is 1. The monoisotopic (exact) mass is 519 g/mol. The number of urea groups is 2. The number of hydrogen-bond acceptors (Lipinski definition) is 7. The lowest BCUT2D eigenvalue weighted by atomic mass is 9.92. The van der Waals surface area contributed by atoms with Crippen molar-refractivity contribution in [1.82, 2.24) is 26.2 Å². The van der Waals surface area contributed by atoms with E-state index in [-0.39, 0.29) is 11.7 Å². The Morgan fingerprint density at radius 3 is 2.13 bits per heavy atom. The smallest absolute Gasteiger partial charge is 0.322 e. The Morgan fingerprint density at radius 2 is 1.53 bits per heavy atom. The maximum atomic E-state index is 12.1. The van der Waals surface area contributed by atoms with E-state index in [0.717, 1.165) is 16.9 Å². The zero-order chi connectivity index (χ0) is 27.4. The third-order valence-corrected chi connectivity index (χ3v) is 6.98. The van der Waals surface area contributed by atoms with Crippen LogP contribution in [0.4, 0.5) is 9.59 Å². The van der Waals surface area contributed by atoms with Gasteiger partial charge in [-0.2, -0.15) is 0 Å². The average Bonchev–Trinajstić information content (AvgIpc) is 3.58. The molecule has 0 aliphatic carbocycles. The molecule has 3 aliphatic rings. The van der Waals surface area contributed by atoms with E-state index in [4.69, 9.17) is 9.15 Å². The van der Waals surface area contributed by atoms with Gasteiger partial charge >= 0.3 is 12.1 Å². The average molecular weight is 520 g/mol. The first-order valence-electron chi connectivity index (χ1n) is 11.7. The zero-order valence-electron chi connectivity index (χ0n) is 21.1. The van der Waals surface area contributed by atoms with Crippen molar-refractivity contribution in [3.8, 4) is 5.75 Å². The molecule has 12 nitrogen and oxygen atoms in total. The Bertz CT molecular complexity index is 1510. The Morgan fingerprint density at radius 1 is 0.868 bits per heavy atom. The molecule has 2 unspecified atom stereocenters. The molecule has 1 aromatic heterocycles. The van der Waals surface area contributed by atoms with E-state index in [9.17, 15) is 24.0 Å². The van der Waals surface area contributed by atoms with Crippen molar-refractivity contribution in [1.29, 1.82) is 0 Å². The molecule has 196 valence electrons. The van der Waals surface area contributed by atoms with E-state index < -0.39 is 35.0 Å². The molecule has 4 heterocycles. The van der Waals surface area contributed by atoms with E-state index in [0.29, 0.717) is 23.1 Å². The number of imide groups is 2. The Balaban J connectivity index is 0.000000190. The van der Waals surface area contributed by atoms with E-state index in [1.165, 1.54) is 6.92 Å². The fourth-order valence-electron chi connectivity index (χ4n) is 4.60. The van der Waals surface area contributed by atoms with Crippen molar-refractivity contribution in [3.05, 3.63) is 64.9 Å². The molecule has 6 rings (SSSR count). The van der Waals surface area contributed by atoms with Crippen LogP contribution in [-0.4, -0.2) is 48.8 Å². The highest BCUT2D eigenvalue weighted by atomic mass is 16.5. The first kappa shape index (κ1) is 24.8. The molecule has 3 aromatic rings. The van der Waals surface area contributed by atoms with Crippen LogP contribution in [0.2, 0.25) is 0 Å². The summed E-state index contributed by atoms with van der Waals surface area (Å²) in [6, 6.07) is 11.2. The van der Waals surface area contributed by atoms with Gasteiger partial charge in [0.15, 0.2) is 5.54 Å². The highest BCUT2D eigenvalue weighted by Crippen LogP contribution is 2.33. The van der Waals surface area contributed by atoms with Crippen LogP contribution in [0.25, 0.3) is 11.0 Å². The third-order valence-electron chi connectivity index (χ3n) is 6.98. The van der Waals surface area contributed by atoms with Crippen molar-refractivity contribution in [2.45, 2.75) is 31.5 Å². The molecule has 0 bridgehead atoms. The number of hydrogen-bond donors (Lipinski definition) is 4. The number of carbonyl (C=O) groups excluding carboxylic acids is 5. The topological polar surface area (TPSA) is 159 Å². The van der Waals surface area contributed by atoms with Gasteiger partial charge in [0.1, 0.15) is 22.6 Å². The van der Waals surface area contributed by atoms with Gasteiger partial charge in [0.2, 0.25) is 0 Å². The minimum atomic E-state index is -1.31. The number of amides is 7. The van der Waals surface area contributed by atoms with E-state index >= 15 is 0 Å². The van der Waals surface area contributed by atoms with Crippen LogP contribution in [0, 0.1) is 0 Å². The number of ether oxygens (including phenoxy) is 1. The molecule has 2 saturated heterocycles. The summed E-state index contributed by atoms with van der Waals surface area (Å²) in [6.45, 7) is 3.83. The molecular weight excluding hydrogens is 494 g/mol. The van der Waals surface area contributed by atoms with Crippen molar-refractivity contribution >= 4 is 40.8 Å². The Labute approximate surface area is 216 Å². The number of furan rings is 1. The number of nitrogens with one attached hydrogen (secondary N) is 4. The predicted molar refractivity (Wildman–Crippen MR) is 133 cm³/mol. The lowest BCUT2D eigenvalue weighted by molar-refractivity contribution is -0.124. The summed E-state index contributed by atoms with van der Waals surface area (Å²) in [5.41, 5.74) is 0.294. The Kier molecular flexibility index (Phi) is 5.62. The number of fused-ring (bicyclic) bond motifs is 2. The minimum absolute atomic E-state index is 0.0777. The molecule has 2 atom stereocenters. The molecule has 0 spiro atoms. The zero-order valence-corrected chi connectivity index (χ0v) is 21.1. The summed E-state index contributed by atoms with van der Waals surface area (Å²) in [7, 11) is 3.40. The molecule has 0 saturated carbocycles. The highest BCUT2D eigenvalue weighted by molar-refractivity contribution is 6.08. The van der Waals surface area contributed by atoms with Crippen LogP contribution in [0.3, 0.4) is 0 Å². The quantitative estimate of drug-likeness (QED) is 0.384. The maximum absolute atomic E-state index is 12.1. The molecule has 12 heteroatoms.